The number of carbonyl (C=O) groups is 3. The van der Waals surface area contributed by atoms with Crippen molar-refractivity contribution in [3.8, 4) is 5.75 Å². The fourth-order valence-corrected chi connectivity index (χ4v) is 4.83. The van der Waals surface area contributed by atoms with Crippen molar-refractivity contribution in [2.24, 2.45) is 0 Å². The van der Waals surface area contributed by atoms with Gasteiger partial charge in [0.2, 0.25) is 0 Å². The van der Waals surface area contributed by atoms with Gasteiger partial charge < -0.3 is 24.4 Å². The second-order valence-corrected chi connectivity index (χ2v) is 7.96. The first-order valence-corrected chi connectivity index (χ1v) is 10.7. The van der Waals surface area contributed by atoms with Gasteiger partial charge in [0, 0.05) is 31.3 Å². The van der Waals surface area contributed by atoms with Crippen LogP contribution in [-0.2, 0) is 24.7 Å². The van der Waals surface area contributed by atoms with E-state index in [0.717, 1.165) is 5.56 Å². The number of rotatable bonds is 6. The average Bonchev–Trinajstić information content (AvgIpc) is 3.20. The Bertz CT molecular complexity index is 1190. The second-order valence-electron chi connectivity index (χ2n) is 7.96. The van der Waals surface area contributed by atoms with E-state index < -0.39 is 28.9 Å². The van der Waals surface area contributed by atoms with Gasteiger partial charge in [-0.1, -0.05) is 18.2 Å². The number of ether oxygens (including phenoxy) is 2. The summed E-state index contributed by atoms with van der Waals surface area (Å²) in [6.45, 7) is 4.10. The van der Waals surface area contributed by atoms with Crippen LogP contribution in [0.2, 0.25) is 0 Å². The normalized spacial score (nSPS) is 21.3. The Hall–Kier alpha value is -3.65. The summed E-state index contributed by atoms with van der Waals surface area (Å²) in [4.78, 5) is 43.3. The summed E-state index contributed by atoms with van der Waals surface area (Å²) in [5, 5.41) is 11.4. The highest BCUT2D eigenvalue weighted by molar-refractivity contribution is 6.50. The molecule has 1 N–H and O–H groups in total. The molecule has 33 heavy (non-hydrogen) atoms. The number of carbonyl (C=O) groups excluding carboxylic acids is 3. The van der Waals surface area contributed by atoms with Crippen molar-refractivity contribution >= 4 is 29.0 Å². The molecule has 2 amide bonds. The molecule has 0 bridgehead atoms. The minimum atomic E-state index is -1.77. The molecule has 8 heteroatoms. The van der Waals surface area contributed by atoms with Crippen molar-refractivity contribution in [3.63, 3.8) is 0 Å². The SMILES string of the molecule is CCN1C(=O)C2(/C(=C(\O)c3ccc(OC)c(C)c3)C(=O)C(=O)N2CCOC)c2ccccc21. The first kappa shape index (κ1) is 22.5. The molecule has 0 aliphatic carbocycles. The molecular weight excluding hydrogens is 424 g/mol. The van der Waals surface area contributed by atoms with Crippen LogP contribution in [0.25, 0.3) is 5.76 Å². The highest BCUT2D eigenvalue weighted by Crippen LogP contribution is 2.53. The number of nitrogens with zero attached hydrogens (tertiary/aromatic N) is 2. The zero-order chi connectivity index (χ0) is 23.9. The van der Waals surface area contributed by atoms with Crippen LogP contribution in [0.3, 0.4) is 0 Å². The number of aryl methyl sites for hydroxylation is 1. The number of ketones is 1. The van der Waals surface area contributed by atoms with E-state index in [-0.39, 0.29) is 18.7 Å². The van der Waals surface area contributed by atoms with E-state index in [9.17, 15) is 19.5 Å². The maximum Gasteiger partial charge on any atom is 0.296 e. The largest absolute Gasteiger partial charge is 0.507 e. The smallest absolute Gasteiger partial charge is 0.296 e. The topological polar surface area (TPSA) is 96.4 Å². The number of aliphatic hydroxyl groups is 1. The fraction of sp³-hybridized carbons (Fsp3) is 0.320. The predicted molar refractivity (Wildman–Crippen MR) is 122 cm³/mol. The van der Waals surface area contributed by atoms with Gasteiger partial charge in [-0.05, 0) is 43.7 Å². The number of likely N-dealkylation sites (tertiary alicyclic amines) is 1. The number of Topliss-reactive ketones (excluding diaryl/α,β-unsaturated/α-hetero) is 1. The summed E-state index contributed by atoms with van der Waals surface area (Å²) in [5.41, 5.74) is 0.138. The van der Waals surface area contributed by atoms with Gasteiger partial charge in [0.1, 0.15) is 11.5 Å². The number of aliphatic hydroxyl groups excluding tert-OH is 1. The van der Waals surface area contributed by atoms with Gasteiger partial charge in [0.25, 0.3) is 17.6 Å². The molecule has 1 fully saturated rings. The molecule has 0 aromatic heterocycles. The number of hydrogen-bond acceptors (Lipinski definition) is 6. The molecule has 0 saturated carbocycles. The van der Waals surface area contributed by atoms with E-state index >= 15 is 0 Å². The van der Waals surface area contributed by atoms with E-state index in [2.05, 4.69) is 0 Å². The van der Waals surface area contributed by atoms with Crippen LogP contribution >= 0.6 is 0 Å². The first-order chi connectivity index (χ1) is 15.8. The van der Waals surface area contributed by atoms with Crippen molar-refractivity contribution in [3.05, 3.63) is 64.7 Å². The Morgan fingerprint density at radius 3 is 2.45 bits per heavy atom. The summed E-state index contributed by atoms with van der Waals surface area (Å²) in [7, 11) is 3.02. The lowest BCUT2D eigenvalue weighted by molar-refractivity contribution is -0.144. The standard InChI is InChI=1S/C25H26N2O6/c1-5-26-18-9-7-6-8-17(18)25(24(26)31)20(22(29)23(30)27(25)12-13-32-3)21(28)16-10-11-19(33-4)15(2)14-16/h6-11,14,28H,5,12-13H2,1-4H3/b21-20-. The molecule has 2 aromatic rings. The molecule has 1 saturated heterocycles. The number of methoxy groups -OCH3 is 2. The summed E-state index contributed by atoms with van der Waals surface area (Å²) in [6, 6.07) is 12.0. The highest BCUT2D eigenvalue weighted by atomic mass is 16.5. The van der Waals surface area contributed by atoms with Gasteiger partial charge in [-0.15, -0.1) is 0 Å². The molecule has 1 spiro atoms. The molecule has 4 rings (SSSR count). The summed E-state index contributed by atoms with van der Waals surface area (Å²) in [5.74, 6) is -1.99. The fourth-order valence-electron chi connectivity index (χ4n) is 4.83. The minimum absolute atomic E-state index is 0.0110. The van der Waals surface area contributed by atoms with E-state index in [4.69, 9.17) is 9.47 Å². The number of fused-ring (bicyclic) bond motifs is 2. The van der Waals surface area contributed by atoms with Gasteiger partial charge in [0.05, 0.1) is 25.0 Å². The number of hydrogen-bond donors (Lipinski definition) is 1. The maximum absolute atomic E-state index is 14.0. The maximum atomic E-state index is 14.0. The van der Waals surface area contributed by atoms with Gasteiger partial charge in [-0.3, -0.25) is 14.4 Å². The van der Waals surface area contributed by atoms with Crippen LogP contribution in [0.15, 0.2) is 48.0 Å². The van der Waals surface area contributed by atoms with E-state index in [1.54, 1.807) is 49.4 Å². The van der Waals surface area contributed by atoms with Gasteiger partial charge in [0.15, 0.2) is 5.54 Å². The molecule has 0 radical (unpaired) electrons. The lowest BCUT2D eigenvalue weighted by atomic mass is 9.82. The third-order valence-corrected chi connectivity index (χ3v) is 6.31. The van der Waals surface area contributed by atoms with E-state index in [1.165, 1.54) is 24.0 Å². The van der Waals surface area contributed by atoms with Gasteiger partial charge in [-0.25, -0.2) is 0 Å². The molecule has 8 nitrogen and oxygen atoms in total. The monoisotopic (exact) mass is 450 g/mol. The predicted octanol–water partition coefficient (Wildman–Crippen LogP) is 2.59. The Morgan fingerprint density at radius 1 is 1.09 bits per heavy atom. The Labute approximate surface area is 192 Å². The number of likely N-dealkylation sites (N-methyl/N-ethyl adjacent to an activating group) is 1. The molecule has 2 aliphatic heterocycles. The van der Waals surface area contributed by atoms with Crippen LogP contribution in [0.4, 0.5) is 5.69 Å². The minimum Gasteiger partial charge on any atom is -0.507 e. The summed E-state index contributed by atoms with van der Waals surface area (Å²) >= 11 is 0. The van der Waals surface area contributed by atoms with E-state index in [0.29, 0.717) is 29.1 Å². The number of amides is 2. The van der Waals surface area contributed by atoms with Crippen molar-refractivity contribution in [2.45, 2.75) is 19.4 Å². The Balaban J connectivity index is 2.05. The van der Waals surface area contributed by atoms with Gasteiger partial charge >= 0.3 is 0 Å². The molecule has 2 aromatic carbocycles. The molecule has 1 atom stereocenters. The number of anilines is 1. The third kappa shape index (κ3) is 3.05. The van der Waals surface area contributed by atoms with Gasteiger partial charge in [-0.2, -0.15) is 0 Å². The molecule has 2 heterocycles. The van der Waals surface area contributed by atoms with Crippen molar-refractivity contribution < 1.29 is 29.0 Å². The van der Waals surface area contributed by atoms with Crippen molar-refractivity contribution in [2.75, 3.05) is 38.8 Å². The Morgan fingerprint density at radius 2 is 1.82 bits per heavy atom. The molecule has 172 valence electrons. The quantitative estimate of drug-likeness (QED) is 0.413. The van der Waals surface area contributed by atoms with Crippen molar-refractivity contribution in [1.82, 2.24) is 4.90 Å². The van der Waals surface area contributed by atoms with Crippen LogP contribution in [0.1, 0.15) is 23.6 Å². The van der Waals surface area contributed by atoms with Crippen LogP contribution < -0.4 is 9.64 Å². The molecule has 2 aliphatic rings. The zero-order valence-corrected chi connectivity index (χ0v) is 19.0. The Kier molecular flexibility index (Phi) is 5.71. The third-order valence-electron chi connectivity index (χ3n) is 6.31. The molecule has 1 unspecified atom stereocenters. The lowest BCUT2D eigenvalue weighted by Gasteiger charge is -2.34. The first-order valence-electron chi connectivity index (χ1n) is 10.7. The summed E-state index contributed by atoms with van der Waals surface area (Å²) in [6.07, 6.45) is 0. The van der Waals surface area contributed by atoms with Crippen LogP contribution in [0, 0.1) is 6.92 Å². The second kappa shape index (κ2) is 8.37. The highest BCUT2D eigenvalue weighted by Gasteiger charge is 2.66. The number of benzene rings is 2. The molecular formula is C25H26N2O6. The zero-order valence-electron chi connectivity index (χ0n) is 19.0. The lowest BCUT2D eigenvalue weighted by Crippen LogP contribution is -2.52. The number of para-hydroxylation sites is 1. The van der Waals surface area contributed by atoms with Crippen LogP contribution in [0.5, 0.6) is 5.75 Å². The average molecular weight is 450 g/mol. The van der Waals surface area contributed by atoms with Crippen molar-refractivity contribution in [1.29, 1.82) is 0 Å². The summed E-state index contributed by atoms with van der Waals surface area (Å²) < 4.78 is 10.5. The van der Waals surface area contributed by atoms with E-state index in [1.807, 2.05) is 6.92 Å². The van der Waals surface area contributed by atoms with Crippen LogP contribution in [-0.4, -0.2) is 61.5 Å².